The zero-order valence-electron chi connectivity index (χ0n) is 13.2. The number of hydrogen-bond donors (Lipinski definition) is 2. The lowest BCUT2D eigenvalue weighted by Crippen LogP contribution is -2.45. The molecule has 4 rings (SSSR count). The molecule has 1 aromatic carbocycles. The molecule has 0 spiro atoms. The first-order valence-electron chi connectivity index (χ1n) is 8.30. The first-order chi connectivity index (χ1) is 11.6. The van der Waals surface area contributed by atoms with E-state index in [9.17, 15) is 14.4 Å². The minimum absolute atomic E-state index is 0.0494. The summed E-state index contributed by atoms with van der Waals surface area (Å²) in [6.07, 6.45) is 2.97. The molecule has 0 aliphatic carbocycles. The second kappa shape index (κ2) is 5.90. The molecule has 2 N–H and O–H groups in total. The number of carbonyl (C=O) groups excluding carboxylic acids is 3. The molecule has 0 aromatic heterocycles. The third-order valence-corrected chi connectivity index (χ3v) is 4.81. The summed E-state index contributed by atoms with van der Waals surface area (Å²) < 4.78 is 5.49. The molecule has 3 aliphatic heterocycles. The zero-order chi connectivity index (χ0) is 16.7. The zero-order valence-corrected chi connectivity index (χ0v) is 13.2. The van der Waals surface area contributed by atoms with Crippen LogP contribution in [-0.2, 0) is 14.3 Å². The fourth-order valence-electron chi connectivity index (χ4n) is 3.55. The van der Waals surface area contributed by atoms with E-state index in [0.29, 0.717) is 36.3 Å². The number of ether oxygens (including phenoxy) is 1. The van der Waals surface area contributed by atoms with E-state index in [2.05, 4.69) is 10.6 Å². The summed E-state index contributed by atoms with van der Waals surface area (Å²) in [5.74, 6) is -0.450. The quantitative estimate of drug-likeness (QED) is 0.867. The van der Waals surface area contributed by atoms with E-state index in [-0.39, 0.29) is 23.8 Å². The van der Waals surface area contributed by atoms with Crippen LogP contribution in [0.1, 0.15) is 36.0 Å². The van der Waals surface area contributed by atoms with Gasteiger partial charge in [-0.3, -0.25) is 19.3 Å². The monoisotopic (exact) mass is 329 g/mol. The SMILES string of the molecule is O=C(NCC1CCCO1)c1ccc2c(c1)NC(=O)C1CCC(=O)N21. The molecule has 126 valence electrons. The first kappa shape index (κ1) is 15.1. The summed E-state index contributed by atoms with van der Waals surface area (Å²) >= 11 is 0. The Kier molecular flexibility index (Phi) is 3.72. The molecule has 3 amide bonds. The molecule has 3 aliphatic rings. The molecular formula is C17H19N3O4. The van der Waals surface area contributed by atoms with Gasteiger partial charge < -0.3 is 15.4 Å². The van der Waals surface area contributed by atoms with Crippen LogP contribution in [0.2, 0.25) is 0 Å². The van der Waals surface area contributed by atoms with E-state index in [4.69, 9.17) is 4.74 Å². The Morgan fingerprint density at radius 2 is 2.21 bits per heavy atom. The highest BCUT2D eigenvalue weighted by Crippen LogP contribution is 2.37. The smallest absolute Gasteiger partial charge is 0.251 e. The van der Waals surface area contributed by atoms with Gasteiger partial charge in [0.05, 0.1) is 17.5 Å². The number of benzene rings is 1. The van der Waals surface area contributed by atoms with Crippen LogP contribution in [0.15, 0.2) is 18.2 Å². The van der Waals surface area contributed by atoms with Crippen LogP contribution in [0.5, 0.6) is 0 Å². The predicted octanol–water partition coefficient (Wildman–Crippen LogP) is 1.04. The van der Waals surface area contributed by atoms with Crippen LogP contribution in [0.4, 0.5) is 11.4 Å². The van der Waals surface area contributed by atoms with Gasteiger partial charge in [-0.15, -0.1) is 0 Å². The Morgan fingerprint density at radius 3 is 3.00 bits per heavy atom. The highest BCUT2D eigenvalue weighted by atomic mass is 16.5. The fourth-order valence-corrected chi connectivity index (χ4v) is 3.55. The van der Waals surface area contributed by atoms with E-state index in [1.54, 1.807) is 23.1 Å². The van der Waals surface area contributed by atoms with Gasteiger partial charge in [0.2, 0.25) is 11.8 Å². The summed E-state index contributed by atoms with van der Waals surface area (Å²) in [5.41, 5.74) is 1.63. The molecule has 7 nitrogen and oxygen atoms in total. The third-order valence-electron chi connectivity index (χ3n) is 4.81. The number of carbonyl (C=O) groups is 3. The topological polar surface area (TPSA) is 87.7 Å². The fraction of sp³-hybridized carbons (Fsp3) is 0.471. The molecule has 24 heavy (non-hydrogen) atoms. The average Bonchev–Trinajstić information content (AvgIpc) is 3.22. The second-order valence-electron chi connectivity index (χ2n) is 6.38. The van der Waals surface area contributed by atoms with Crippen molar-refractivity contribution in [2.75, 3.05) is 23.4 Å². The molecule has 0 bridgehead atoms. The van der Waals surface area contributed by atoms with Gasteiger partial charge in [0, 0.05) is 25.1 Å². The molecule has 2 fully saturated rings. The number of amides is 3. The molecule has 2 saturated heterocycles. The third kappa shape index (κ3) is 2.54. The van der Waals surface area contributed by atoms with Crippen LogP contribution in [-0.4, -0.2) is 43.0 Å². The van der Waals surface area contributed by atoms with Crippen LogP contribution in [0.25, 0.3) is 0 Å². The maximum Gasteiger partial charge on any atom is 0.251 e. The number of anilines is 2. The standard InChI is InChI=1S/C17H19N3O4/c21-15-6-5-14-17(23)19-12-8-10(3-4-13(12)20(14)15)16(22)18-9-11-2-1-7-24-11/h3-4,8,11,14H,1-2,5-7,9H2,(H,18,22)(H,19,23). The summed E-state index contributed by atoms with van der Waals surface area (Å²) in [6.45, 7) is 1.23. The lowest BCUT2D eigenvalue weighted by atomic mass is 10.1. The van der Waals surface area contributed by atoms with Crippen molar-refractivity contribution in [2.45, 2.75) is 37.8 Å². The molecule has 2 atom stereocenters. The van der Waals surface area contributed by atoms with Crippen LogP contribution >= 0.6 is 0 Å². The molecule has 7 heteroatoms. The van der Waals surface area contributed by atoms with Crippen LogP contribution in [0, 0.1) is 0 Å². The minimum atomic E-state index is -0.427. The highest BCUT2D eigenvalue weighted by molar-refractivity contribution is 6.14. The highest BCUT2D eigenvalue weighted by Gasteiger charge is 2.41. The van der Waals surface area contributed by atoms with Crippen molar-refractivity contribution < 1.29 is 19.1 Å². The number of rotatable bonds is 3. The predicted molar refractivity (Wildman–Crippen MR) is 86.9 cm³/mol. The largest absolute Gasteiger partial charge is 0.376 e. The van der Waals surface area contributed by atoms with Gasteiger partial charge in [-0.2, -0.15) is 0 Å². The number of fused-ring (bicyclic) bond motifs is 3. The van der Waals surface area contributed by atoms with Crippen LogP contribution in [0.3, 0.4) is 0 Å². The first-order valence-corrected chi connectivity index (χ1v) is 8.30. The normalized spacial score (nSPS) is 25.2. The molecule has 1 aromatic rings. The molecule has 2 unspecified atom stereocenters. The van der Waals surface area contributed by atoms with Gasteiger partial charge in [-0.25, -0.2) is 0 Å². The summed E-state index contributed by atoms with van der Waals surface area (Å²) in [6, 6.07) is 4.61. The van der Waals surface area contributed by atoms with Gasteiger partial charge in [0.1, 0.15) is 6.04 Å². The lowest BCUT2D eigenvalue weighted by Gasteiger charge is -2.31. The van der Waals surface area contributed by atoms with Crippen LogP contribution < -0.4 is 15.5 Å². The number of nitrogens with zero attached hydrogens (tertiary/aromatic N) is 1. The van der Waals surface area contributed by atoms with Crippen molar-refractivity contribution in [2.24, 2.45) is 0 Å². The average molecular weight is 329 g/mol. The Bertz CT molecular complexity index is 712. The Labute approximate surface area is 139 Å². The van der Waals surface area contributed by atoms with Gasteiger partial charge in [-0.1, -0.05) is 0 Å². The Balaban J connectivity index is 1.52. The Morgan fingerprint density at radius 1 is 1.33 bits per heavy atom. The molecular weight excluding hydrogens is 310 g/mol. The molecule has 3 heterocycles. The van der Waals surface area contributed by atoms with Gasteiger partial charge in [0.15, 0.2) is 0 Å². The van der Waals surface area contributed by atoms with E-state index in [1.807, 2.05) is 0 Å². The summed E-state index contributed by atoms with van der Waals surface area (Å²) in [7, 11) is 0. The van der Waals surface area contributed by atoms with E-state index in [0.717, 1.165) is 19.4 Å². The van der Waals surface area contributed by atoms with Crippen molar-refractivity contribution in [1.82, 2.24) is 5.32 Å². The van der Waals surface area contributed by atoms with Crippen molar-refractivity contribution >= 4 is 29.1 Å². The maximum atomic E-state index is 12.3. The summed E-state index contributed by atoms with van der Waals surface area (Å²) in [5, 5.41) is 5.66. The van der Waals surface area contributed by atoms with Gasteiger partial charge in [0.25, 0.3) is 5.91 Å². The van der Waals surface area contributed by atoms with E-state index < -0.39 is 6.04 Å². The van der Waals surface area contributed by atoms with Gasteiger partial charge >= 0.3 is 0 Å². The second-order valence-corrected chi connectivity index (χ2v) is 6.38. The number of hydrogen-bond acceptors (Lipinski definition) is 4. The van der Waals surface area contributed by atoms with Gasteiger partial charge in [-0.05, 0) is 37.5 Å². The van der Waals surface area contributed by atoms with E-state index >= 15 is 0 Å². The maximum absolute atomic E-state index is 12.3. The van der Waals surface area contributed by atoms with E-state index in [1.165, 1.54) is 0 Å². The van der Waals surface area contributed by atoms with Crippen molar-refractivity contribution in [3.63, 3.8) is 0 Å². The molecule has 0 radical (unpaired) electrons. The lowest BCUT2D eigenvalue weighted by molar-refractivity contribution is -0.120. The van der Waals surface area contributed by atoms with Crippen molar-refractivity contribution in [3.05, 3.63) is 23.8 Å². The van der Waals surface area contributed by atoms with Crippen molar-refractivity contribution in [1.29, 1.82) is 0 Å². The molecule has 0 saturated carbocycles. The van der Waals surface area contributed by atoms with Crippen molar-refractivity contribution in [3.8, 4) is 0 Å². The number of nitrogens with one attached hydrogen (secondary N) is 2. The minimum Gasteiger partial charge on any atom is -0.376 e. The summed E-state index contributed by atoms with van der Waals surface area (Å²) in [4.78, 5) is 38.0. The Hall–Kier alpha value is -2.41.